The minimum Gasteiger partial charge on any atom is -0.461 e. The van der Waals surface area contributed by atoms with Crippen molar-refractivity contribution in [2.75, 3.05) is 11.9 Å². The van der Waals surface area contributed by atoms with Gasteiger partial charge >= 0.3 is 5.97 Å². The van der Waals surface area contributed by atoms with Gasteiger partial charge in [0.1, 0.15) is 0 Å². The summed E-state index contributed by atoms with van der Waals surface area (Å²) < 4.78 is 4.87. The molecule has 0 aliphatic carbocycles. The molecule has 0 spiro atoms. The number of ether oxygens (including phenoxy) is 1. The van der Waals surface area contributed by atoms with Gasteiger partial charge in [-0.2, -0.15) is 0 Å². The number of nitrogens with one attached hydrogen (secondary N) is 1. The first-order chi connectivity index (χ1) is 15.0. The molecule has 4 rings (SSSR count). The van der Waals surface area contributed by atoms with Crippen LogP contribution in [0.15, 0.2) is 53.9 Å². The zero-order chi connectivity index (χ0) is 22.0. The number of fused-ring (bicyclic) bond motifs is 1. The van der Waals surface area contributed by atoms with Gasteiger partial charge in [-0.3, -0.25) is 24.6 Å². The minimum absolute atomic E-state index is 0.105. The standard InChI is InChI=1S/C22H17N3O5S/c1-2-30-21(29)17-12-31-22(23-17)24-18(26)14-8-9-15-16(10-14)20(28)25(19(15)27)11-13-6-4-3-5-7-13/h3-10,12H,2,11H2,1H3,(H,23,24,26). The fourth-order valence-corrected chi connectivity index (χ4v) is 3.82. The number of thiazole rings is 1. The summed E-state index contributed by atoms with van der Waals surface area (Å²) in [7, 11) is 0. The van der Waals surface area contributed by atoms with E-state index < -0.39 is 23.7 Å². The highest BCUT2D eigenvalue weighted by Gasteiger charge is 2.36. The largest absolute Gasteiger partial charge is 0.461 e. The van der Waals surface area contributed by atoms with Gasteiger partial charge < -0.3 is 4.74 Å². The lowest BCUT2D eigenvalue weighted by Gasteiger charge is -2.13. The normalized spacial score (nSPS) is 12.6. The molecule has 1 aliphatic rings. The third-order valence-corrected chi connectivity index (χ3v) is 5.38. The van der Waals surface area contributed by atoms with Gasteiger partial charge in [0.15, 0.2) is 10.8 Å². The zero-order valence-corrected chi connectivity index (χ0v) is 17.3. The van der Waals surface area contributed by atoms with E-state index in [1.807, 2.05) is 30.3 Å². The number of hydrogen-bond donors (Lipinski definition) is 1. The van der Waals surface area contributed by atoms with Gasteiger partial charge in [-0.1, -0.05) is 30.3 Å². The van der Waals surface area contributed by atoms with Crippen LogP contribution in [0.1, 0.15) is 54.0 Å². The summed E-state index contributed by atoms with van der Waals surface area (Å²) in [6.07, 6.45) is 0. The number of rotatable bonds is 6. The van der Waals surface area contributed by atoms with Crippen LogP contribution in [0, 0.1) is 0 Å². The first-order valence-corrected chi connectivity index (χ1v) is 10.3. The van der Waals surface area contributed by atoms with Crippen LogP contribution >= 0.6 is 11.3 Å². The Morgan fingerprint density at radius 1 is 1.06 bits per heavy atom. The van der Waals surface area contributed by atoms with Crippen molar-refractivity contribution in [3.8, 4) is 0 Å². The Bertz CT molecular complexity index is 1190. The summed E-state index contributed by atoms with van der Waals surface area (Å²) in [6, 6.07) is 13.5. The summed E-state index contributed by atoms with van der Waals surface area (Å²) in [4.78, 5) is 55.0. The third kappa shape index (κ3) is 4.08. The number of imide groups is 1. The molecular formula is C22H17N3O5S. The van der Waals surface area contributed by atoms with Gasteiger partial charge in [0.2, 0.25) is 0 Å². The molecule has 1 aromatic heterocycles. The molecule has 0 saturated heterocycles. The van der Waals surface area contributed by atoms with E-state index in [4.69, 9.17) is 4.74 Å². The molecular weight excluding hydrogens is 418 g/mol. The first-order valence-electron chi connectivity index (χ1n) is 9.46. The highest BCUT2D eigenvalue weighted by Crippen LogP contribution is 2.26. The number of amides is 3. The van der Waals surface area contributed by atoms with Crippen molar-refractivity contribution in [2.45, 2.75) is 13.5 Å². The summed E-state index contributed by atoms with van der Waals surface area (Å²) in [5.41, 5.74) is 1.58. The van der Waals surface area contributed by atoms with Crippen LogP contribution in [0.5, 0.6) is 0 Å². The Kier molecular flexibility index (Phi) is 5.59. The molecule has 0 fully saturated rings. The Balaban J connectivity index is 1.50. The number of esters is 1. The monoisotopic (exact) mass is 435 g/mol. The quantitative estimate of drug-likeness (QED) is 0.470. The van der Waals surface area contributed by atoms with Gasteiger partial charge in [0, 0.05) is 10.9 Å². The van der Waals surface area contributed by atoms with Crippen LogP contribution in [0.4, 0.5) is 5.13 Å². The van der Waals surface area contributed by atoms with Gasteiger partial charge in [0.05, 0.1) is 24.3 Å². The van der Waals surface area contributed by atoms with Crippen LogP contribution in [0.25, 0.3) is 0 Å². The average molecular weight is 435 g/mol. The Morgan fingerprint density at radius 2 is 1.81 bits per heavy atom. The molecule has 1 aliphatic heterocycles. The Labute approximate surface area is 181 Å². The van der Waals surface area contributed by atoms with E-state index in [-0.39, 0.29) is 40.7 Å². The molecule has 0 radical (unpaired) electrons. The number of carbonyl (C=O) groups excluding carboxylic acids is 4. The van der Waals surface area contributed by atoms with E-state index in [2.05, 4.69) is 10.3 Å². The predicted octanol–water partition coefficient (Wildman–Crippen LogP) is 3.37. The molecule has 9 heteroatoms. The SMILES string of the molecule is CCOC(=O)c1csc(NC(=O)c2ccc3c(c2)C(=O)N(Cc2ccccc2)C3=O)n1. The van der Waals surface area contributed by atoms with E-state index in [1.165, 1.54) is 23.6 Å². The Morgan fingerprint density at radius 3 is 2.55 bits per heavy atom. The van der Waals surface area contributed by atoms with Crippen molar-refractivity contribution in [3.05, 3.63) is 81.9 Å². The van der Waals surface area contributed by atoms with Crippen molar-refractivity contribution in [2.24, 2.45) is 0 Å². The molecule has 31 heavy (non-hydrogen) atoms. The predicted molar refractivity (Wildman–Crippen MR) is 113 cm³/mol. The maximum Gasteiger partial charge on any atom is 0.357 e. The van der Waals surface area contributed by atoms with Crippen molar-refractivity contribution >= 4 is 40.2 Å². The number of nitrogens with zero attached hydrogens (tertiary/aromatic N) is 2. The summed E-state index contributed by atoms with van der Waals surface area (Å²) in [5, 5.41) is 4.30. The molecule has 3 aromatic rings. The average Bonchev–Trinajstić information content (AvgIpc) is 3.33. The fourth-order valence-electron chi connectivity index (χ4n) is 3.14. The van der Waals surface area contributed by atoms with Gasteiger partial charge in [-0.25, -0.2) is 9.78 Å². The van der Waals surface area contributed by atoms with Crippen molar-refractivity contribution in [1.29, 1.82) is 0 Å². The van der Waals surface area contributed by atoms with Crippen LogP contribution in [-0.2, 0) is 11.3 Å². The maximum absolute atomic E-state index is 12.8. The van der Waals surface area contributed by atoms with E-state index in [0.717, 1.165) is 21.8 Å². The lowest BCUT2D eigenvalue weighted by molar-refractivity contribution is 0.0519. The molecule has 0 saturated carbocycles. The second-order valence-corrected chi connectivity index (χ2v) is 7.51. The highest BCUT2D eigenvalue weighted by molar-refractivity contribution is 7.14. The molecule has 0 atom stereocenters. The maximum atomic E-state index is 12.8. The van der Waals surface area contributed by atoms with E-state index in [1.54, 1.807) is 6.92 Å². The summed E-state index contributed by atoms with van der Waals surface area (Å²) >= 11 is 1.08. The van der Waals surface area contributed by atoms with Crippen molar-refractivity contribution in [1.82, 2.24) is 9.88 Å². The van der Waals surface area contributed by atoms with E-state index in [9.17, 15) is 19.2 Å². The summed E-state index contributed by atoms with van der Waals surface area (Å²) in [6.45, 7) is 2.07. The van der Waals surface area contributed by atoms with Crippen LogP contribution in [0.2, 0.25) is 0 Å². The van der Waals surface area contributed by atoms with Crippen LogP contribution in [0.3, 0.4) is 0 Å². The molecule has 0 unspecified atom stereocenters. The number of hydrogen-bond acceptors (Lipinski definition) is 7. The molecule has 3 amide bonds. The zero-order valence-electron chi connectivity index (χ0n) is 16.5. The summed E-state index contributed by atoms with van der Waals surface area (Å²) in [5.74, 6) is -1.92. The molecule has 2 aromatic carbocycles. The topological polar surface area (TPSA) is 106 Å². The van der Waals surface area contributed by atoms with E-state index >= 15 is 0 Å². The molecule has 8 nitrogen and oxygen atoms in total. The molecule has 1 N–H and O–H groups in total. The van der Waals surface area contributed by atoms with Crippen LogP contribution < -0.4 is 5.32 Å². The molecule has 2 heterocycles. The second kappa shape index (κ2) is 8.49. The lowest BCUT2D eigenvalue weighted by Crippen LogP contribution is -2.29. The molecule has 0 bridgehead atoms. The fraction of sp³-hybridized carbons (Fsp3) is 0.136. The number of benzene rings is 2. The number of anilines is 1. The smallest absolute Gasteiger partial charge is 0.357 e. The van der Waals surface area contributed by atoms with Crippen molar-refractivity contribution in [3.63, 3.8) is 0 Å². The van der Waals surface area contributed by atoms with E-state index in [0.29, 0.717) is 0 Å². The van der Waals surface area contributed by atoms with Gasteiger partial charge in [-0.15, -0.1) is 11.3 Å². The minimum atomic E-state index is -0.570. The highest BCUT2D eigenvalue weighted by atomic mass is 32.1. The van der Waals surface area contributed by atoms with Crippen molar-refractivity contribution < 1.29 is 23.9 Å². The van der Waals surface area contributed by atoms with Gasteiger partial charge in [0.25, 0.3) is 17.7 Å². The first kappa shape index (κ1) is 20.4. The number of carbonyl (C=O) groups is 4. The van der Waals surface area contributed by atoms with Crippen LogP contribution in [-0.4, -0.2) is 40.2 Å². The lowest BCUT2D eigenvalue weighted by atomic mass is 10.1. The number of aromatic nitrogens is 1. The second-order valence-electron chi connectivity index (χ2n) is 6.65. The third-order valence-electron chi connectivity index (χ3n) is 4.63. The van der Waals surface area contributed by atoms with Gasteiger partial charge in [-0.05, 0) is 30.7 Å². The Hall–Kier alpha value is -3.85. The molecule has 156 valence electrons.